The van der Waals surface area contributed by atoms with Crippen molar-refractivity contribution in [2.24, 2.45) is 0 Å². The van der Waals surface area contributed by atoms with Gasteiger partial charge in [-0.2, -0.15) is 0 Å². The van der Waals surface area contributed by atoms with Gasteiger partial charge in [-0.25, -0.2) is 0 Å². The molecule has 0 N–H and O–H groups in total. The lowest BCUT2D eigenvalue weighted by molar-refractivity contribution is -0.144. The highest BCUT2D eigenvalue weighted by Crippen LogP contribution is 2.15. The van der Waals surface area contributed by atoms with Crippen LogP contribution < -0.4 is 0 Å². The minimum Gasteiger partial charge on any atom is -0.465 e. The third-order valence-corrected chi connectivity index (χ3v) is 5.51. The standard InChI is InChI=1S/C27H44O2/c1-3-4-5-6-7-8-9-10-11-12-13-14-15-16-20-23-27(28)29-24-25(2)26-21-18-17-19-22-26/h10-11,17-19,21-22,25H,3-9,12-16,20,23-24H2,1-2H3/b11-10+. The molecule has 1 rings (SSSR count). The van der Waals surface area contributed by atoms with Crippen molar-refractivity contribution >= 4 is 5.97 Å². The minimum atomic E-state index is -0.0505. The van der Waals surface area contributed by atoms with E-state index in [2.05, 4.69) is 38.1 Å². The number of carbonyl (C=O) groups is 1. The Morgan fingerprint density at radius 1 is 0.828 bits per heavy atom. The van der Waals surface area contributed by atoms with Crippen molar-refractivity contribution in [2.45, 2.75) is 110 Å². The van der Waals surface area contributed by atoms with Gasteiger partial charge in [0, 0.05) is 12.3 Å². The van der Waals surface area contributed by atoms with E-state index in [0.29, 0.717) is 13.0 Å². The van der Waals surface area contributed by atoms with E-state index in [-0.39, 0.29) is 11.9 Å². The lowest BCUT2D eigenvalue weighted by atomic mass is 10.0. The van der Waals surface area contributed by atoms with Gasteiger partial charge in [0.25, 0.3) is 0 Å². The molecular weight excluding hydrogens is 356 g/mol. The molecule has 0 spiro atoms. The van der Waals surface area contributed by atoms with Crippen molar-refractivity contribution in [1.82, 2.24) is 0 Å². The highest BCUT2D eigenvalue weighted by Gasteiger charge is 2.08. The topological polar surface area (TPSA) is 26.3 Å². The molecule has 164 valence electrons. The molecule has 1 unspecified atom stereocenters. The fraction of sp³-hybridized carbons (Fsp3) is 0.667. The second-order valence-corrected chi connectivity index (χ2v) is 8.33. The van der Waals surface area contributed by atoms with Crippen molar-refractivity contribution in [1.29, 1.82) is 0 Å². The molecule has 1 aromatic rings. The molecule has 0 radical (unpaired) electrons. The van der Waals surface area contributed by atoms with Gasteiger partial charge in [0.05, 0.1) is 6.61 Å². The number of hydrogen-bond donors (Lipinski definition) is 0. The molecule has 0 saturated heterocycles. The summed E-state index contributed by atoms with van der Waals surface area (Å²) in [6.07, 6.45) is 21.8. The molecule has 0 fully saturated rings. The molecule has 1 aromatic carbocycles. The van der Waals surface area contributed by atoms with E-state index in [1.807, 2.05) is 18.2 Å². The smallest absolute Gasteiger partial charge is 0.305 e. The molecular formula is C27H44O2. The summed E-state index contributed by atoms with van der Waals surface area (Å²) in [6, 6.07) is 10.2. The van der Waals surface area contributed by atoms with Crippen LogP contribution in [-0.2, 0) is 9.53 Å². The van der Waals surface area contributed by atoms with E-state index in [9.17, 15) is 4.79 Å². The quantitative estimate of drug-likeness (QED) is 0.140. The molecule has 0 amide bonds. The van der Waals surface area contributed by atoms with Gasteiger partial charge in [-0.1, -0.05) is 108 Å². The second kappa shape index (κ2) is 18.5. The lowest BCUT2D eigenvalue weighted by Crippen LogP contribution is -2.10. The summed E-state index contributed by atoms with van der Waals surface area (Å²) in [4.78, 5) is 11.9. The summed E-state index contributed by atoms with van der Waals surface area (Å²) in [5.41, 5.74) is 1.22. The minimum absolute atomic E-state index is 0.0505. The van der Waals surface area contributed by atoms with Crippen molar-refractivity contribution in [3.05, 3.63) is 48.0 Å². The highest BCUT2D eigenvalue weighted by molar-refractivity contribution is 5.69. The van der Waals surface area contributed by atoms with Gasteiger partial charge in [0.2, 0.25) is 0 Å². The van der Waals surface area contributed by atoms with E-state index < -0.39 is 0 Å². The third kappa shape index (κ3) is 15.0. The predicted molar refractivity (Wildman–Crippen MR) is 125 cm³/mol. The monoisotopic (exact) mass is 400 g/mol. The summed E-state index contributed by atoms with van der Waals surface area (Å²) in [5, 5.41) is 0. The molecule has 0 bridgehead atoms. The molecule has 2 heteroatoms. The zero-order valence-electron chi connectivity index (χ0n) is 19.0. The summed E-state index contributed by atoms with van der Waals surface area (Å²) in [5.74, 6) is 0.208. The normalized spacial score (nSPS) is 12.3. The van der Waals surface area contributed by atoms with Crippen LogP contribution in [0, 0.1) is 0 Å². The highest BCUT2D eigenvalue weighted by atomic mass is 16.5. The Labute approximate surface area is 180 Å². The summed E-state index contributed by atoms with van der Waals surface area (Å²) in [7, 11) is 0. The molecule has 0 heterocycles. The van der Waals surface area contributed by atoms with Gasteiger partial charge in [-0.15, -0.1) is 0 Å². The number of rotatable bonds is 18. The number of benzene rings is 1. The van der Waals surface area contributed by atoms with Gasteiger partial charge in [0.1, 0.15) is 0 Å². The van der Waals surface area contributed by atoms with E-state index in [4.69, 9.17) is 4.74 Å². The van der Waals surface area contributed by atoms with E-state index >= 15 is 0 Å². The van der Waals surface area contributed by atoms with Gasteiger partial charge in [-0.05, 0) is 37.7 Å². The number of unbranched alkanes of at least 4 members (excludes halogenated alkanes) is 11. The first-order chi connectivity index (χ1) is 14.2. The number of allylic oxidation sites excluding steroid dienone is 2. The Morgan fingerprint density at radius 2 is 1.38 bits per heavy atom. The van der Waals surface area contributed by atoms with Crippen LogP contribution in [0.1, 0.15) is 115 Å². The number of carbonyl (C=O) groups excluding carboxylic acids is 1. The van der Waals surface area contributed by atoms with E-state index in [1.165, 1.54) is 76.2 Å². The SMILES string of the molecule is CCCCCCCC/C=C/CCCCCCCC(=O)OCC(C)c1ccccc1. The molecule has 0 aromatic heterocycles. The van der Waals surface area contributed by atoms with Crippen LogP contribution in [-0.4, -0.2) is 12.6 Å². The first-order valence-corrected chi connectivity index (χ1v) is 12.1. The first-order valence-electron chi connectivity index (χ1n) is 12.1. The Balaban J connectivity index is 1.86. The molecule has 0 aliphatic rings. The average molecular weight is 401 g/mol. The molecule has 29 heavy (non-hydrogen) atoms. The van der Waals surface area contributed by atoms with Gasteiger partial charge >= 0.3 is 5.97 Å². The van der Waals surface area contributed by atoms with Crippen LogP contribution >= 0.6 is 0 Å². The van der Waals surface area contributed by atoms with Crippen LogP contribution in [0.25, 0.3) is 0 Å². The molecule has 0 aliphatic carbocycles. The zero-order chi connectivity index (χ0) is 21.0. The number of esters is 1. The fourth-order valence-electron chi connectivity index (χ4n) is 3.51. The van der Waals surface area contributed by atoms with Crippen LogP contribution in [0.15, 0.2) is 42.5 Å². The Morgan fingerprint density at radius 3 is 2.00 bits per heavy atom. The lowest BCUT2D eigenvalue weighted by Gasteiger charge is -2.12. The second-order valence-electron chi connectivity index (χ2n) is 8.33. The van der Waals surface area contributed by atoms with Crippen LogP contribution in [0.4, 0.5) is 0 Å². The van der Waals surface area contributed by atoms with Crippen LogP contribution in [0.5, 0.6) is 0 Å². The maximum absolute atomic E-state index is 11.9. The van der Waals surface area contributed by atoms with Gasteiger partial charge in [0.15, 0.2) is 0 Å². The van der Waals surface area contributed by atoms with Crippen molar-refractivity contribution in [3.8, 4) is 0 Å². The maximum atomic E-state index is 11.9. The van der Waals surface area contributed by atoms with Gasteiger partial charge in [-0.3, -0.25) is 4.79 Å². The third-order valence-electron chi connectivity index (χ3n) is 5.51. The summed E-state index contributed by atoms with van der Waals surface area (Å²) < 4.78 is 5.43. The Kier molecular flexibility index (Phi) is 16.2. The van der Waals surface area contributed by atoms with Crippen molar-refractivity contribution < 1.29 is 9.53 Å². The van der Waals surface area contributed by atoms with E-state index in [1.54, 1.807) is 0 Å². The predicted octanol–water partition coefficient (Wildman–Crippen LogP) is 8.37. The average Bonchev–Trinajstić information content (AvgIpc) is 2.75. The van der Waals surface area contributed by atoms with Crippen molar-refractivity contribution in [2.75, 3.05) is 6.61 Å². The summed E-state index contributed by atoms with van der Waals surface area (Å²) in [6.45, 7) is 4.85. The number of ether oxygens (including phenoxy) is 1. The van der Waals surface area contributed by atoms with Crippen LogP contribution in [0.3, 0.4) is 0 Å². The molecule has 1 atom stereocenters. The molecule has 2 nitrogen and oxygen atoms in total. The van der Waals surface area contributed by atoms with E-state index in [0.717, 1.165) is 12.8 Å². The first kappa shape index (κ1) is 25.5. The molecule has 0 saturated carbocycles. The fourth-order valence-corrected chi connectivity index (χ4v) is 3.51. The zero-order valence-corrected chi connectivity index (χ0v) is 19.0. The maximum Gasteiger partial charge on any atom is 0.305 e. The van der Waals surface area contributed by atoms with Gasteiger partial charge < -0.3 is 4.74 Å². The number of hydrogen-bond acceptors (Lipinski definition) is 2. The Bertz CT molecular complexity index is 521. The summed E-state index contributed by atoms with van der Waals surface area (Å²) >= 11 is 0. The van der Waals surface area contributed by atoms with Crippen molar-refractivity contribution in [3.63, 3.8) is 0 Å². The molecule has 0 aliphatic heterocycles. The Hall–Kier alpha value is -1.57. The van der Waals surface area contributed by atoms with Crippen LogP contribution in [0.2, 0.25) is 0 Å². The largest absolute Gasteiger partial charge is 0.465 e.